The Hall–Kier alpha value is -4.56. The van der Waals surface area contributed by atoms with Gasteiger partial charge in [-0.2, -0.15) is 0 Å². The van der Waals surface area contributed by atoms with Gasteiger partial charge in [-0.3, -0.25) is 14.5 Å². The van der Waals surface area contributed by atoms with Gasteiger partial charge in [-0.1, -0.05) is 24.3 Å². The summed E-state index contributed by atoms with van der Waals surface area (Å²) >= 11 is 1.39. The second-order valence-corrected chi connectivity index (χ2v) is 9.14. The van der Waals surface area contributed by atoms with Gasteiger partial charge in [-0.15, -0.1) is 11.3 Å². The maximum atomic E-state index is 13.3. The molecule has 0 aliphatic carbocycles. The summed E-state index contributed by atoms with van der Waals surface area (Å²) in [7, 11) is 2.98. The lowest BCUT2D eigenvalue weighted by Gasteiger charge is -2.24. The third-order valence-electron chi connectivity index (χ3n) is 6.01. The third kappa shape index (κ3) is 4.54. The Bertz CT molecular complexity index is 1460. The van der Waals surface area contributed by atoms with Crippen molar-refractivity contribution >= 4 is 34.5 Å². The van der Waals surface area contributed by atoms with Crippen LogP contribution < -0.4 is 19.1 Å². The van der Waals surface area contributed by atoms with Crippen LogP contribution in [0.3, 0.4) is 0 Å². The molecule has 1 unspecified atom stereocenters. The third-order valence-corrected chi connectivity index (χ3v) is 6.94. The molecule has 8 heteroatoms. The summed E-state index contributed by atoms with van der Waals surface area (Å²) in [5.41, 5.74) is 0.775. The van der Waals surface area contributed by atoms with E-state index in [1.165, 1.54) is 30.5 Å². The van der Waals surface area contributed by atoms with Gasteiger partial charge in [-0.25, -0.2) is 0 Å². The molecule has 1 amide bonds. The lowest BCUT2D eigenvalue weighted by atomic mass is 9.99. The van der Waals surface area contributed by atoms with Crippen molar-refractivity contribution in [2.24, 2.45) is 0 Å². The van der Waals surface area contributed by atoms with E-state index in [1.807, 2.05) is 47.8 Å². The molecular weight excluding hydrogens is 490 g/mol. The predicted octanol–water partition coefficient (Wildman–Crippen LogP) is 6.18. The number of para-hydroxylation sites is 1. The van der Waals surface area contributed by atoms with Crippen molar-refractivity contribution in [1.29, 1.82) is 0 Å². The van der Waals surface area contributed by atoms with Crippen molar-refractivity contribution in [2.45, 2.75) is 6.04 Å². The van der Waals surface area contributed by atoms with Crippen LogP contribution in [-0.2, 0) is 9.59 Å². The minimum absolute atomic E-state index is 0.0134. The molecule has 1 aromatic heterocycles. The minimum atomic E-state index is -0.812. The molecule has 1 N–H and O–H groups in total. The number of nitrogens with zero attached hydrogens (tertiary/aromatic N) is 1. The topological polar surface area (TPSA) is 85.3 Å². The zero-order chi connectivity index (χ0) is 25.9. The molecule has 37 heavy (non-hydrogen) atoms. The van der Waals surface area contributed by atoms with Crippen LogP contribution >= 0.6 is 11.3 Å². The summed E-state index contributed by atoms with van der Waals surface area (Å²) in [6, 6.07) is 24.0. The highest BCUT2D eigenvalue weighted by Gasteiger charge is 2.47. The summed E-state index contributed by atoms with van der Waals surface area (Å²) in [6.07, 6.45) is 0. The Labute approximate surface area is 217 Å². The number of methoxy groups -OCH3 is 2. The Balaban J connectivity index is 1.58. The van der Waals surface area contributed by atoms with E-state index in [0.717, 1.165) is 4.88 Å². The highest BCUT2D eigenvalue weighted by molar-refractivity contribution is 7.10. The fraction of sp³-hybridized carbons (Fsp3) is 0.103. The standard InChI is InChI=1S/C29H23NO6S/c1-34-21-14-15-22(23(17-21)35-2)27(31)25-26(24-9-6-16-37-24)30(29(33)28(25)32)18-10-12-20(13-11-18)36-19-7-4-3-5-8-19/h3-17,26,31H,1-2H3/b27-25-. The normalized spacial score (nSPS) is 16.6. The number of amides is 1. The Morgan fingerprint density at radius 3 is 2.19 bits per heavy atom. The van der Waals surface area contributed by atoms with Gasteiger partial charge in [-0.05, 0) is 60.0 Å². The lowest BCUT2D eigenvalue weighted by molar-refractivity contribution is -0.132. The number of thiophene rings is 1. The van der Waals surface area contributed by atoms with E-state index >= 15 is 0 Å². The number of rotatable bonds is 7. The average molecular weight is 514 g/mol. The predicted molar refractivity (Wildman–Crippen MR) is 142 cm³/mol. The summed E-state index contributed by atoms with van der Waals surface area (Å²) in [5.74, 6) is 0.284. The second kappa shape index (κ2) is 10.2. The fourth-order valence-electron chi connectivity index (χ4n) is 4.25. The summed E-state index contributed by atoms with van der Waals surface area (Å²) in [6.45, 7) is 0. The first kappa shape index (κ1) is 24.1. The molecule has 1 fully saturated rings. The number of hydrogen-bond donors (Lipinski definition) is 1. The van der Waals surface area contributed by atoms with Crippen LogP contribution in [0.25, 0.3) is 5.76 Å². The van der Waals surface area contributed by atoms with E-state index in [9.17, 15) is 14.7 Å². The molecule has 0 spiro atoms. The van der Waals surface area contributed by atoms with Crippen LogP contribution in [0.2, 0.25) is 0 Å². The zero-order valence-corrected chi connectivity index (χ0v) is 20.9. The number of Topliss-reactive ketones (excluding diaryl/α,β-unsaturated/α-hetero) is 1. The first-order valence-corrected chi connectivity index (χ1v) is 12.3. The molecule has 7 nitrogen and oxygen atoms in total. The number of aliphatic hydroxyl groups excluding tert-OH is 1. The van der Waals surface area contributed by atoms with Crippen LogP contribution in [0.15, 0.2) is 95.9 Å². The number of carbonyl (C=O) groups excluding carboxylic acids is 2. The monoisotopic (exact) mass is 513 g/mol. The second-order valence-electron chi connectivity index (χ2n) is 8.16. The number of benzene rings is 3. The smallest absolute Gasteiger partial charge is 0.300 e. The largest absolute Gasteiger partial charge is 0.507 e. The molecule has 2 heterocycles. The molecule has 186 valence electrons. The highest BCUT2D eigenvalue weighted by atomic mass is 32.1. The molecule has 1 aliphatic heterocycles. The molecule has 1 saturated heterocycles. The van der Waals surface area contributed by atoms with Crippen LogP contribution in [-0.4, -0.2) is 31.0 Å². The maximum Gasteiger partial charge on any atom is 0.300 e. The molecule has 1 atom stereocenters. The van der Waals surface area contributed by atoms with Gasteiger partial charge in [0.2, 0.25) is 0 Å². The number of hydrogen-bond acceptors (Lipinski definition) is 7. The van der Waals surface area contributed by atoms with E-state index in [-0.39, 0.29) is 16.9 Å². The number of aliphatic hydroxyl groups is 1. The van der Waals surface area contributed by atoms with Gasteiger partial charge in [0.25, 0.3) is 11.7 Å². The van der Waals surface area contributed by atoms with E-state index in [0.29, 0.717) is 28.7 Å². The van der Waals surface area contributed by atoms with E-state index in [4.69, 9.17) is 14.2 Å². The fourth-order valence-corrected chi connectivity index (χ4v) is 5.08. The molecule has 5 rings (SSSR count). The van der Waals surface area contributed by atoms with E-state index in [1.54, 1.807) is 42.5 Å². The Morgan fingerprint density at radius 1 is 0.838 bits per heavy atom. The van der Waals surface area contributed by atoms with Crippen LogP contribution in [0, 0.1) is 0 Å². The number of ketones is 1. The Kier molecular flexibility index (Phi) is 6.66. The first-order valence-electron chi connectivity index (χ1n) is 11.4. The molecule has 3 aromatic carbocycles. The number of carbonyl (C=O) groups is 2. The Morgan fingerprint density at radius 2 is 1.54 bits per heavy atom. The molecule has 0 radical (unpaired) electrons. The van der Waals surface area contributed by atoms with Crippen LogP contribution in [0.1, 0.15) is 16.5 Å². The number of ether oxygens (including phenoxy) is 3. The highest BCUT2D eigenvalue weighted by Crippen LogP contribution is 2.45. The van der Waals surface area contributed by atoms with Gasteiger partial charge >= 0.3 is 0 Å². The first-order chi connectivity index (χ1) is 18.0. The van der Waals surface area contributed by atoms with Gasteiger partial charge in [0.1, 0.15) is 34.8 Å². The summed E-state index contributed by atoms with van der Waals surface area (Å²) in [4.78, 5) is 28.8. The van der Waals surface area contributed by atoms with Crippen molar-refractivity contribution < 1.29 is 28.9 Å². The summed E-state index contributed by atoms with van der Waals surface area (Å²) < 4.78 is 16.5. The van der Waals surface area contributed by atoms with Crippen molar-refractivity contribution in [3.63, 3.8) is 0 Å². The van der Waals surface area contributed by atoms with E-state index in [2.05, 4.69) is 0 Å². The van der Waals surface area contributed by atoms with Crippen LogP contribution in [0.5, 0.6) is 23.0 Å². The average Bonchev–Trinajstić information content (AvgIpc) is 3.56. The van der Waals surface area contributed by atoms with Gasteiger partial charge in [0.15, 0.2) is 0 Å². The zero-order valence-electron chi connectivity index (χ0n) is 20.1. The number of anilines is 1. The van der Waals surface area contributed by atoms with Crippen molar-refractivity contribution in [3.05, 3.63) is 106 Å². The SMILES string of the molecule is COc1ccc(/C(O)=C2/C(=O)C(=O)N(c3ccc(Oc4ccccc4)cc3)C2c2cccs2)c(OC)c1. The lowest BCUT2D eigenvalue weighted by Crippen LogP contribution is -2.29. The van der Waals surface area contributed by atoms with Gasteiger partial charge < -0.3 is 19.3 Å². The van der Waals surface area contributed by atoms with Crippen molar-refractivity contribution in [1.82, 2.24) is 0 Å². The van der Waals surface area contributed by atoms with Gasteiger partial charge in [0, 0.05) is 16.6 Å². The minimum Gasteiger partial charge on any atom is -0.507 e. The molecule has 4 aromatic rings. The quantitative estimate of drug-likeness (QED) is 0.180. The molecular formula is C29H23NO6S. The van der Waals surface area contributed by atoms with E-state index < -0.39 is 17.7 Å². The van der Waals surface area contributed by atoms with Crippen molar-refractivity contribution in [2.75, 3.05) is 19.1 Å². The van der Waals surface area contributed by atoms with Gasteiger partial charge in [0.05, 0.1) is 25.4 Å². The van der Waals surface area contributed by atoms with Crippen LogP contribution in [0.4, 0.5) is 5.69 Å². The van der Waals surface area contributed by atoms with Crippen molar-refractivity contribution in [3.8, 4) is 23.0 Å². The summed E-state index contributed by atoms with van der Waals surface area (Å²) in [5, 5.41) is 13.2. The molecule has 0 saturated carbocycles. The maximum absolute atomic E-state index is 13.3. The molecule has 0 bridgehead atoms. The molecule has 1 aliphatic rings.